The van der Waals surface area contributed by atoms with Gasteiger partial charge < -0.3 is 19.4 Å². The van der Waals surface area contributed by atoms with Gasteiger partial charge in [0.05, 0.1) is 33.0 Å². The first-order chi connectivity index (χ1) is 17.3. The van der Waals surface area contributed by atoms with E-state index >= 15 is 0 Å². The maximum absolute atomic E-state index is 13.4. The van der Waals surface area contributed by atoms with Gasteiger partial charge in [0.25, 0.3) is 5.69 Å². The SMILES string of the molecule is CCOc1ccc2nc(-n3c(O)c(O)c(C(=O)c4ccc(C)o4)c3-c3cccc([N+](=O)[O-])c3)sc2c1. The van der Waals surface area contributed by atoms with Gasteiger partial charge in [0, 0.05) is 17.7 Å². The number of nitro groups is 1. The Morgan fingerprint density at radius 1 is 1.19 bits per heavy atom. The van der Waals surface area contributed by atoms with Gasteiger partial charge in [-0.25, -0.2) is 4.98 Å². The lowest BCUT2D eigenvalue weighted by atomic mass is 10.0. The number of ether oxygens (including phenoxy) is 1. The lowest BCUT2D eigenvalue weighted by Crippen LogP contribution is -2.04. The van der Waals surface area contributed by atoms with Crippen LogP contribution in [0.5, 0.6) is 17.4 Å². The summed E-state index contributed by atoms with van der Waals surface area (Å²) < 4.78 is 13.0. The van der Waals surface area contributed by atoms with E-state index in [0.717, 1.165) is 4.70 Å². The van der Waals surface area contributed by atoms with E-state index in [9.17, 15) is 25.1 Å². The minimum absolute atomic E-state index is 0.0387. The normalized spacial score (nSPS) is 11.2. The third-order valence-electron chi connectivity index (χ3n) is 5.49. The summed E-state index contributed by atoms with van der Waals surface area (Å²) in [4.78, 5) is 28.9. The summed E-state index contributed by atoms with van der Waals surface area (Å²) in [6, 6.07) is 13.9. The molecule has 5 rings (SSSR count). The second kappa shape index (κ2) is 8.86. The van der Waals surface area contributed by atoms with Crippen molar-refractivity contribution in [1.29, 1.82) is 0 Å². The van der Waals surface area contributed by atoms with Crippen LogP contribution >= 0.6 is 11.3 Å². The fourth-order valence-corrected chi connectivity index (χ4v) is 4.92. The Labute approximate surface area is 207 Å². The number of aromatic hydroxyl groups is 2. The summed E-state index contributed by atoms with van der Waals surface area (Å²) in [5, 5.41) is 33.6. The first kappa shape index (κ1) is 23.1. The van der Waals surface area contributed by atoms with Crippen LogP contribution in [0.2, 0.25) is 0 Å². The van der Waals surface area contributed by atoms with Crippen molar-refractivity contribution in [2.45, 2.75) is 13.8 Å². The molecule has 0 aliphatic rings. The molecule has 0 saturated heterocycles. The quantitative estimate of drug-likeness (QED) is 0.165. The van der Waals surface area contributed by atoms with Crippen LogP contribution in [0.3, 0.4) is 0 Å². The van der Waals surface area contributed by atoms with Crippen molar-refractivity contribution in [3.8, 4) is 33.8 Å². The van der Waals surface area contributed by atoms with Crippen molar-refractivity contribution in [2.75, 3.05) is 6.61 Å². The number of carbonyl (C=O) groups is 1. The molecule has 0 bridgehead atoms. The Hall–Kier alpha value is -4.64. The predicted molar refractivity (Wildman–Crippen MR) is 132 cm³/mol. The maximum atomic E-state index is 13.4. The molecule has 0 unspecified atom stereocenters. The summed E-state index contributed by atoms with van der Waals surface area (Å²) >= 11 is 1.19. The predicted octanol–water partition coefficient (Wildman–Crippen LogP) is 5.60. The molecule has 0 aliphatic carbocycles. The van der Waals surface area contributed by atoms with Crippen LogP contribution in [0, 0.1) is 17.0 Å². The molecule has 2 N–H and O–H groups in total. The Balaban J connectivity index is 1.79. The highest BCUT2D eigenvalue weighted by Crippen LogP contribution is 2.46. The number of nitrogens with zero attached hydrogens (tertiary/aromatic N) is 3. The average molecular weight is 506 g/mol. The number of ketones is 1. The van der Waals surface area contributed by atoms with Crippen LogP contribution in [-0.2, 0) is 0 Å². The third-order valence-corrected chi connectivity index (χ3v) is 6.50. The number of benzene rings is 2. The third kappa shape index (κ3) is 3.85. The summed E-state index contributed by atoms with van der Waals surface area (Å²) in [6.45, 7) is 4.02. The summed E-state index contributed by atoms with van der Waals surface area (Å²) in [5.41, 5.74) is 0.372. The van der Waals surface area contributed by atoms with Crippen molar-refractivity contribution in [1.82, 2.24) is 9.55 Å². The van der Waals surface area contributed by atoms with E-state index in [1.54, 1.807) is 37.3 Å². The zero-order valence-electron chi connectivity index (χ0n) is 19.1. The van der Waals surface area contributed by atoms with E-state index in [-0.39, 0.29) is 33.4 Å². The van der Waals surface area contributed by atoms with Gasteiger partial charge in [-0.2, -0.15) is 0 Å². The van der Waals surface area contributed by atoms with Crippen LogP contribution in [0.15, 0.2) is 59.0 Å². The Kier molecular flexibility index (Phi) is 5.69. The van der Waals surface area contributed by atoms with Gasteiger partial charge in [0.15, 0.2) is 16.6 Å². The molecule has 5 aromatic rings. The molecule has 11 heteroatoms. The molecular formula is C25H19N3O7S. The number of hydrogen-bond donors (Lipinski definition) is 2. The zero-order valence-corrected chi connectivity index (χ0v) is 19.9. The van der Waals surface area contributed by atoms with Crippen molar-refractivity contribution in [3.05, 3.63) is 81.8 Å². The molecule has 3 aromatic heterocycles. The van der Waals surface area contributed by atoms with Gasteiger partial charge in [-0.3, -0.25) is 19.5 Å². The molecule has 36 heavy (non-hydrogen) atoms. The van der Waals surface area contributed by atoms with Gasteiger partial charge in [-0.05, 0) is 44.2 Å². The standard InChI is InChI=1S/C25H19N3O7S/c1-3-34-16-8-9-17-19(12-16)36-25(26-17)27-21(14-5-4-6-15(11-14)28(32)33)20(23(30)24(27)31)22(29)18-10-7-13(2)35-18/h4-12,30-31H,3H2,1-2H3. The fourth-order valence-electron chi connectivity index (χ4n) is 3.91. The van der Waals surface area contributed by atoms with Gasteiger partial charge in [0.1, 0.15) is 11.5 Å². The number of thiazole rings is 1. The minimum atomic E-state index is -0.698. The lowest BCUT2D eigenvalue weighted by molar-refractivity contribution is -0.384. The number of furan rings is 1. The number of nitro benzene ring substituents is 1. The molecule has 0 fully saturated rings. The van der Waals surface area contributed by atoms with E-state index in [0.29, 0.717) is 23.6 Å². The van der Waals surface area contributed by atoms with Crippen molar-refractivity contribution < 1.29 is 29.1 Å². The Morgan fingerprint density at radius 3 is 2.69 bits per heavy atom. The molecule has 3 heterocycles. The second-order valence-electron chi connectivity index (χ2n) is 7.84. The Bertz CT molecular complexity index is 1650. The average Bonchev–Trinajstić information content (AvgIpc) is 3.55. The molecule has 0 aliphatic heterocycles. The van der Waals surface area contributed by atoms with E-state index in [1.807, 2.05) is 6.92 Å². The van der Waals surface area contributed by atoms with Crippen molar-refractivity contribution >= 4 is 33.0 Å². The van der Waals surface area contributed by atoms with E-state index in [2.05, 4.69) is 4.98 Å². The van der Waals surface area contributed by atoms with Crippen LogP contribution < -0.4 is 4.74 Å². The van der Waals surface area contributed by atoms with Gasteiger partial charge in [-0.1, -0.05) is 23.5 Å². The highest BCUT2D eigenvalue weighted by atomic mass is 32.1. The smallest absolute Gasteiger partial charge is 0.270 e. The highest BCUT2D eigenvalue weighted by molar-refractivity contribution is 7.20. The number of aromatic nitrogens is 2. The van der Waals surface area contributed by atoms with Crippen molar-refractivity contribution in [3.63, 3.8) is 0 Å². The number of non-ortho nitro benzene ring substituents is 1. The lowest BCUT2D eigenvalue weighted by Gasteiger charge is -2.09. The number of rotatable bonds is 7. The summed E-state index contributed by atoms with van der Waals surface area (Å²) in [6.07, 6.45) is 0. The molecular weight excluding hydrogens is 486 g/mol. The van der Waals surface area contributed by atoms with Crippen molar-refractivity contribution in [2.24, 2.45) is 0 Å². The molecule has 0 amide bonds. The zero-order chi connectivity index (χ0) is 25.6. The monoisotopic (exact) mass is 505 g/mol. The van der Waals surface area contributed by atoms with Crippen LogP contribution in [0.25, 0.3) is 26.6 Å². The number of carbonyl (C=O) groups excluding carboxylic acids is 1. The number of hydrogen-bond acceptors (Lipinski definition) is 9. The molecule has 10 nitrogen and oxygen atoms in total. The number of fused-ring (bicyclic) bond motifs is 1. The summed E-state index contributed by atoms with van der Waals surface area (Å²) in [7, 11) is 0. The molecule has 0 saturated carbocycles. The fraction of sp³-hybridized carbons (Fsp3) is 0.120. The minimum Gasteiger partial charge on any atom is -0.503 e. The molecule has 2 aromatic carbocycles. The summed E-state index contributed by atoms with van der Waals surface area (Å²) in [5.74, 6) is -0.956. The van der Waals surface area contributed by atoms with E-state index in [1.165, 1.54) is 40.2 Å². The Morgan fingerprint density at radius 2 is 2.00 bits per heavy atom. The molecule has 182 valence electrons. The van der Waals surface area contributed by atoms with Crippen LogP contribution in [0.4, 0.5) is 5.69 Å². The largest absolute Gasteiger partial charge is 0.503 e. The molecule has 0 spiro atoms. The van der Waals surface area contributed by atoms with Crippen LogP contribution in [-0.4, -0.2) is 37.1 Å². The first-order valence-electron chi connectivity index (χ1n) is 10.8. The van der Waals surface area contributed by atoms with Gasteiger partial charge in [-0.15, -0.1) is 0 Å². The van der Waals surface area contributed by atoms with Gasteiger partial charge in [0.2, 0.25) is 11.7 Å². The molecule has 0 radical (unpaired) electrons. The van der Waals surface area contributed by atoms with E-state index < -0.39 is 22.3 Å². The maximum Gasteiger partial charge on any atom is 0.270 e. The topological polar surface area (TPSA) is 141 Å². The van der Waals surface area contributed by atoms with Crippen LogP contribution in [0.1, 0.15) is 28.8 Å². The highest BCUT2D eigenvalue weighted by Gasteiger charge is 2.32. The van der Waals surface area contributed by atoms with Gasteiger partial charge >= 0.3 is 0 Å². The second-order valence-corrected chi connectivity index (χ2v) is 8.85. The number of aryl methyl sites for hydroxylation is 1. The van der Waals surface area contributed by atoms with E-state index in [4.69, 9.17) is 9.15 Å². The molecule has 0 atom stereocenters. The first-order valence-corrected chi connectivity index (χ1v) is 11.7.